The van der Waals surface area contributed by atoms with Crippen molar-refractivity contribution in [2.75, 3.05) is 38.0 Å². The highest BCUT2D eigenvalue weighted by atomic mass is 32.2. The number of nitrogens with one attached hydrogen (secondary N) is 2. The molecular weight excluding hydrogens is 743 g/mol. The third-order valence-electron chi connectivity index (χ3n) is 11.4. The molecule has 3 aromatic heterocycles. The predicted octanol–water partition coefficient (Wildman–Crippen LogP) is 4.45. The van der Waals surface area contributed by atoms with Crippen molar-refractivity contribution in [3.63, 3.8) is 0 Å². The van der Waals surface area contributed by atoms with Gasteiger partial charge in [0.05, 0.1) is 15.9 Å². The van der Waals surface area contributed by atoms with E-state index in [4.69, 9.17) is 4.98 Å². The van der Waals surface area contributed by atoms with Crippen molar-refractivity contribution >= 4 is 56.5 Å². The normalized spacial score (nSPS) is 18.8. The smallest absolute Gasteiger partial charge is 0.324 e. The molecule has 0 radical (unpaired) electrons. The first-order chi connectivity index (χ1) is 27.6. The molecule has 5 heterocycles. The fourth-order valence-corrected chi connectivity index (χ4v) is 9.53. The number of unbranched alkanes of at least 4 members (excludes halogenated alkanes) is 2. The SMILES string of the molecule is Cc1cc(S(=O)N2CCN(CCCCC#Cc3ccc4c(c3)n(C)c(=O)n4C3CCC(=O)NC3=O)CC2)ccc1Nc1ncc2ccc(=O)n(C3CCCC3)c2n1. The van der Waals surface area contributed by atoms with Gasteiger partial charge in [-0.1, -0.05) is 24.7 Å². The fourth-order valence-electron chi connectivity index (χ4n) is 8.27. The van der Waals surface area contributed by atoms with Gasteiger partial charge in [0, 0.05) is 81.0 Å². The summed E-state index contributed by atoms with van der Waals surface area (Å²) in [5.74, 6) is 6.15. The number of nitrogens with zero attached hydrogens (tertiary/aromatic N) is 7. The van der Waals surface area contributed by atoms with E-state index in [1.165, 1.54) is 9.13 Å². The second-order valence-corrected chi connectivity index (χ2v) is 16.7. The topological polar surface area (TPSA) is 156 Å². The highest BCUT2D eigenvalue weighted by molar-refractivity contribution is 7.82. The molecule has 3 aliphatic rings. The first kappa shape index (κ1) is 38.4. The predicted molar refractivity (Wildman–Crippen MR) is 220 cm³/mol. The van der Waals surface area contributed by atoms with E-state index in [0.29, 0.717) is 29.0 Å². The van der Waals surface area contributed by atoms with Crippen LogP contribution in [0.4, 0.5) is 11.6 Å². The summed E-state index contributed by atoms with van der Waals surface area (Å²) < 4.78 is 20.5. The first-order valence-electron chi connectivity index (χ1n) is 19.8. The molecule has 0 spiro atoms. The number of benzene rings is 2. The van der Waals surface area contributed by atoms with Crippen LogP contribution >= 0.6 is 0 Å². The average molecular weight is 790 g/mol. The van der Waals surface area contributed by atoms with E-state index in [1.54, 1.807) is 25.4 Å². The molecule has 15 heteroatoms. The van der Waals surface area contributed by atoms with E-state index < -0.39 is 22.9 Å². The lowest BCUT2D eigenvalue weighted by atomic mass is 10.1. The Morgan fingerprint density at radius 2 is 1.72 bits per heavy atom. The van der Waals surface area contributed by atoms with Crippen molar-refractivity contribution in [3.05, 3.63) is 86.7 Å². The lowest BCUT2D eigenvalue weighted by molar-refractivity contribution is -0.135. The van der Waals surface area contributed by atoms with Gasteiger partial charge in [0.25, 0.3) is 5.56 Å². The molecule has 5 aromatic rings. The van der Waals surface area contributed by atoms with E-state index >= 15 is 0 Å². The van der Waals surface area contributed by atoms with Crippen LogP contribution in [-0.2, 0) is 27.6 Å². The van der Waals surface area contributed by atoms with Crippen LogP contribution in [0.2, 0.25) is 0 Å². The summed E-state index contributed by atoms with van der Waals surface area (Å²) in [5.41, 5.74) is 4.23. The number of amides is 2. The number of imide groups is 1. The van der Waals surface area contributed by atoms with Gasteiger partial charge in [0.1, 0.15) is 22.7 Å². The highest BCUT2D eigenvalue weighted by Crippen LogP contribution is 2.31. The number of carbonyl (C=O) groups excluding carboxylic acids is 2. The van der Waals surface area contributed by atoms with Crippen LogP contribution in [0.5, 0.6) is 0 Å². The second-order valence-electron chi connectivity index (χ2n) is 15.2. The van der Waals surface area contributed by atoms with Crippen LogP contribution in [0.3, 0.4) is 0 Å². The standard InChI is InChI=1S/C42H47N9O5S/c1-28-25-32(14-15-33(28)44-41-43-27-30-13-19-38(53)50(39(30)46-41)31-10-6-7-11-31)57(56)49-23-21-48(22-24-49)20-8-4-3-5-9-29-12-16-34-36(26-29)47(2)42(55)51(34)35-17-18-37(52)45-40(35)54/h12-16,19,25-27,31,35H,3-4,6-8,10-11,17-18,20-24H2,1-2H3,(H,43,44,46)(H,45,52,54). The number of piperidine rings is 1. The van der Waals surface area contributed by atoms with Crippen LogP contribution in [0.25, 0.3) is 22.1 Å². The van der Waals surface area contributed by atoms with E-state index in [2.05, 4.69) is 32.4 Å². The summed E-state index contributed by atoms with van der Waals surface area (Å²) in [4.78, 5) is 62.4. The van der Waals surface area contributed by atoms with Crippen LogP contribution in [0.1, 0.15) is 81.0 Å². The maximum atomic E-state index is 13.6. The molecule has 2 saturated heterocycles. The van der Waals surface area contributed by atoms with E-state index in [9.17, 15) is 23.4 Å². The Bertz CT molecular complexity index is 2570. The molecule has 1 saturated carbocycles. The monoisotopic (exact) mass is 789 g/mol. The number of hydrogen-bond acceptors (Lipinski definition) is 9. The number of aromatic nitrogens is 5. The molecule has 57 heavy (non-hydrogen) atoms. The average Bonchev–Trinajstić information content (AvgIpc) is 3.83. The maximum Gasteiger partial charge on any atom is 0.329 e. The minimum absolute atomic E-state index is 0.0315. The van der Waals surface area contributed by atoms with Crippen LogP contribution in [0.15, 0.2) is 69.2 Å². The number of piperazine rings is 1. The molecule has 2 N–H and O–H groups in total. The number of fused-ring (bicyclic) bond motifs is 2. The van der Waals surface area contributed by atoms with Gasteiger partial charge in [-0.3, -0.25) is 33.4 Å². The minimum atomic E-state index is -1.28. The quantitative estimate of drug-likeness (QED) is 0.119. The van der Waals surface area contributed by atoms with Gasteiger partial charge in [-0.25, -0.2) is 18.3 Å². The summed E-state index contributed by atoms with van der Waals surface area (Å²) in [6, 6.07) is 14.2. The van der Waals surface area contributed by atoms with Crippen molar-refractivity contribution < 1.29 is 13.8 Å². The third kappa shape index (κ3) is 8.07. The lowest BCUT2D eigenvalue weighted by Gasteiger charge is -2.33. The molecule has 8 rings (SSSR count). The van der Waals surface area contributed by atoms with Crippen molar-refractivity contribution in [2.24, 2.45) is 7.05 Å². The molecule has 1 aliphatic carbocycles. The van der Waals surface area contributed by atoms with Crippen molar-refractivity contribution in [2.45, 2.75) is 81.7 Å². The van der Waals surface area contributed by atoms with E-state index in [-0.39, 0.29) is 29.6 Å². The van der Waals surface area contributed by atoms with Crippen molar-refractivity contribution in [3.8, 4) is 11.8 Å². The zero-order valence-corrected chi connectivity index (χ0v) is 33.1. The summed E-state index contributed by atoms with van der Waals surface area (Å²) in [7, 11) is 0.402. The van der Waals surface area contributed by atoms with Crippen LogP contribution in [-0.4, -0.2) is 81.6 Å². The molecule has 2 atom stereocenters. The molecular formula is C42H47N9O5S. The summed E-state index contributed by atoms with van der Waals surface area (Å²) in [6.07, 6.45) is 9.16. The van der Waals surface area contributed by atoms with Gasteiger partial charge in [-0.05, 0) is 93.6 Å². The largest absolute Gasteiger partial charge is 0.329 e. The molecule has 2 aliphatic heterocycles. The number of hydrogen-bond donors (Lipinski definition) is 2. The molecule has 296 valence electrons. The zero-order chi connectivity index (χ0) is 39.6. The Labute approximate surface area is 332 Å². The molecule has 14 nitrogen and oxygen atoms in total. The van der Waals surface area contributed by atoms with E-state index in [1.807, 2.05) is 52.2 Å². The van der Waals surface area contributed by atoms with Gasteiger partial charge in [0.15, 0.2) is 0 Å². The number of anilines is 2. The number of carbonyl (C=O) groups is 2. The van der Waals surface area contributed by atoms with Crippen molar-refractivity contribution in [1.82, 2.24) is 38.2 Å². The third-order valence-corrected chi connectivity index (χ3v) is 12.9. The van der Waals surface area contributed by atoms with Crippen LogP contribution in [0, 0.1) is 18.8 Å². The second kappa shape index (κ2) is 16.6. The lowest BCUT2D eigenvalue weighted by Crippen LogP contribution is -2.47. The van der Waals surface area contributed by atoms with Gasteiger partial charge >= 0.3 is 5.69 Å². The molecule has 2 unspecified atom stereocenters. The fraction of sp³-hybridized carbons (Fsp3) is 0.429. The Morgan fingerprint density at radius 1 is 0.912 bits per heavy atom. The summed E-state index contributed by atoms with van der Waals surface area (Å²) in [5, 5.41) is 6.50. The van der Waals surface area contributed by atoms with Gasteiger partial charge < -0.3 is 10.2 Å². The molecule has 0 bridgehead atoms. The Morgan fingerprint density at radius 3 is 2.49 bits per heavy atom. The zero-order valence-electron chi connectivity index (χ0n) is 32.3. The number of aryl methyl sites for hydroxylation is 2. The van der Waals surface area contributed by atoms with Crippen LogP contribution < -0.4 is 21.9 Å². The maximum absolute atomic E-state index is 13.6. The molecule has 3 fully saturated rings. The minimum Gasteiger partial charge on any atom is -0.324 e. The van der Waals surface area contributed by atoms with Gasteiger partial charge in [-0.15, -0.1) is 0 Å². The molecule has 2 amide bonds. The number of imidazole rings is 1. The van der Waals surface area contributed by atoms with Gasteiger partial charge in [0.2, 0.25) is 17.8 Å². The van der Waals surface area contributed by atoms with Gasteiger partial charge in [-0.2, -0.15) is 4.98 Å². The Kier molecular flexibility index (Phi) is 11.2. The number of rotatable bonds is 10. The Hall–Kier alpha value is -5.43. The first-order valence-corrected chi connectivity index (χ1v) is 20.9. The van der Waals surface area contributed by atoms with E-state index in [0.717, 1.165) is 105 Å². The Balaban J connectivity index is 0.805. The van der Waals surface area contributed by atoms with Crippen molar-refractivity contribution in [1.29, 1.82) is 0 Å². The summed E-state index contributed by atoms with van der Waals surface area (Å²) in [6.45, 7) is 6.06. The molecule has 2 aromatic carbocycles. The number of pyridine rings is 1. The summed E-state index contributed by atoms with van der Waals surface area (Å²) >= 11 is 0. The highest BCUT2D eigenvalue weighted by Gasteiger charge is 2.31.